The van der Waals surface area contributed by atoms with E-state index in [2.05, 4.69) is 10.6 Å². The molecule has 0 bridgehead atoms. The Bertz CT molecular complexity index is 646. The molecule has 4 amide bonds. The second-order valence-corrected chi connectivity index (χ2v) is 5.47. The summed E-state index contributed by atoms with van der Waals surface area (Å²) < 4.78 is 13.8. The Balaban J connectivity index is 1.85. The van der Waals surface area contributed by atoms with Gasteiger partial charge in [0.2, 0.25) is 0 Å². The van der Waals surface area contributed by atoms with Gasteiger partial charge in [-0.3, -0.25) is 14.9 Å². The van der Waals surface area contributed by atoms with E-state index in [9.17, 15) is 18.8 Å². The molecule has 1 spiro atoms. The number of likely N-dealkylation sites (tertiary alicyclic amines) is 1. The van der Waals surface area contributed by atoms with Gasteiger partial charge in [-0.15, -0.1) is 0 Å². The van der Waals surface area contributed by atoms with Crippen molar-refractivity contribution in [3.05, 3.63) is 34.6 Å². The number of carbonyl (C=O) groups excluding carboxylic acids is 3. The Labute approximate surface area is 124 Å². The highest BCUT2D eigenvalue weighted by Crippen LogP contribution is 2.28. The van der Waals surface area contributed by atoms with E-state index >= 15 is 0 Å². The number of carbonyl (C=O) groups is 3. The fourth-order valence-electron chi connectivity index (χ4n) is 2.66. The van der Waals surface area contributed by atoms with Gasteiger partial charge in [0.25, 0.3) is 11.8 Å². The van der Waals surface area contributed by atoms with E-state index < -0.39 is 29.2 Å². The monoisotopic (exact) mass is 311 g/mol. The van der Waals surface area contributed by atoms with Gasteiger partial charge in [-0.1, -0.05) is 17.7 Å². The van der Waals surface area contributed by atoms with Crippen molar-refractivity contribution in [1.29, 1.82) is 0 Å². The number of amides is 4. The number of nitrogens with zero attached hydrogens (tertiary/aromatic N) is 1. The van der Waals surface area contributed by atoms with Crippen LogP contribution < -0.4 is 10.6 Å². The minimum atomic E-state index is -1.12. The molecule has 21 heavy (non-hydrogen) atoms. The van der Waals surface area contributed by atoms with Crippen LogP contribution in [0.1, 0.15) is 16.8 Å². The summed E-state index contributed by atoms with van der Waals surface area (Å²) in [7, 11) is 0. The summed E-state index contributed by atoms with van der Waals surface area (Å²) in [6, 6.07) is 3.39. The third kappa shape index (κ3) is 2.13. The van der Waals surface area contributed by atoms with E-state index in [0.29, 0.717) is 0 Å². The van der Waals surface area contributed by atoms with Crippen LogP contribution in [0.15, 0.2) is 18.2 Å². The minimum absolute atomic E-state index is 0.00588. The Hall–Kier alpha value is -2.15. The number of hydrogen-bond donors (Lipinski definition) is 2. The molecule has 2 aliphatic heterocycles. The zero-order valence-corrected chi connectivity index (χ0v) is 11.5. The summed E-state index contributed by atoms with van der Waals surface area (Å²) in [4.78, 5) is 36.7. The largest absolute Gasteiger partial charge is 0.336 e. The van der Waals surface area contributed by atoms with Crippen molar-refractivity contribution in [2.24, 2.45) is 0 Å². The molecule has 8 heteroatoms. The number of halogens is 2. The highest BCUT2D eigenvalue weighted by molar-refractivity contribution is 6.33. The zero-order valence-electron chi connectivity index (χ0n) is 10.8. The zero-order chi connectivity index (χ0) is 15.2. The lowest BCUT2D eigenvalue weighted by atomic mass is 9.99. The maximum absolute atomic E-state index is 13.8. The predicted molar refractivity (Wildman–Crippen MR) is 71.3 cm³/mol. The summed E-state index contributed by atoms with van der Waals surface area (Å²) in [5.41, 5.74) is -1.34. The van der Waals surface area contributed by atoms with Crippen molar-refractivity contribution >= 4 is 29.4 Å². The summed E-state index contributed by atoms with van der Waals surface area (Å²) in [5.74, 6) is -1.78. The van der Waals surface area contributed by atoms with Gasteiger partial charge in [-0.2, -0.15) is 0 Å². The molecule has 0 radical (unpaired) electrons. The van der Waals surface area contributed by atoms with Crippen LogP contribution in [0.2, 0.25) is 5.02 Å². The molecule has 1 aromatic carbocycles. The molecule has 1 aromatic rings. The van der Waals surface area contributed by atoms with Gasteiger partial charge >= 0.3 is 6.03 Å². The van der Waals surface area contributed by atoms with Crippen LogP contribution >= 0.6 is 11.6 Å². The van der Waals surface area contributed by atoms with E-state index in [1.165, 1.54) is 17.0 Å². The molecule has 2 N–H and O–H groups in total. The van der Waals surface area contributed by atoms with E-state index in [1.54, 1.807) is 0 Å². The summed E-state index contributed by atoms with van der Waals surface area (Å²) in [6.45, 7) is 0.227. The van der Waals surface area contributed by atoms with Crippen molar-refractivity contribution < 1.29 is 18.8 Å². The molecule has 0 aliphatic carbocycles. The third-order valence-corrected chi connectivity index (χ3v) is 4.06. The van der Waals surface area contributed by atoms with Crippen molar-refractivity contribution in [3.8, 4) is 0 Å². The predicted octanol–water partition coefficient (Wildman–Crippen LogP) is 0.903. The van der Waals surface area contributed by atoms with Crippen LogP contribution in [0, 0.1) is 5.82 Å². The molecule has 2 fully saturated rings. The van der Waals surface area contributed by atoms with Gasteiger partial charge in [-0.05, 0) is 18.6 Å². The van der Waals surface area contributed by atoms with E-state index in [-0.39, 0.29) is 30.1 Å². The van der Waals surface area contributed by atoms with Gasteiger partial charge < -0.3 is 10.2 Å². The van der Waals surface area contributed by atoms with Gasteiger partial charge in [0, 0.05) is 6.54 Å². The molecule has 6 nitrogen and oxygen atoms in total. The third-order valence-electron chi connectivity index (χ3n) is 3.75. The SMILES string of the molecule is O=C1NC(=O)C2(CCN(C(=O)c3c(F)cccc3Cl)C2)N1. The van der Waals surface area contributed by atoms with Crippen LogP contribution in [-0.2, 0) is 4.79 Å². The normalized spacial score (nSPS) is 24.4. The maximum atomic E-state index is 13.8. The first kappa shape index (κ1) is 13.8. The molecular formula is C13H11ClFN3O3. The van der Waals surface area contributed by atoms with Gasteiger partial charge in [0.05, 0.1) is 17.1 Å². The summed E-state index contributed by atoms with van der Waals surface area (Å²) in [6.07, 6.45) is 0.280. The van der Waals surface area contributed by atoms with Crippen LogP contribution in [0.3, 0.4) is 0 Å². The number of imide groups is 1. The van der Waals surface area contributed by atoms with E-state index in [0.717, 1.165) is 6.07 Å². The molecule has 3 rings (SSSR count). The molecule has 110 valence electrons. The second-order valence-electron chi connectivity index (χ2n) is 5.06. The quantitative estimate of drug-likeness (QED) is 0.757. The highest BCUT2D eigenvalue weighted by Gasteiger charge is 2.51. The molecule has 1 atom stereocenters. The van der Waals surface area contributed by atoms with Crippen LogP contribution in [0.25, 0.3) is 0 Å². The number of nitrogens with one attached hydrogen (secondary N) is 2. The summed E-state index contributed by atoms with van der Waals surface area (Å²) >= 11 is 5.87. The van der Waals surface area contributed by atoms with Crippen LogP contribution in [0.4, 0.5) is 9.18 Å². The highest BCUT2D eigenvalue weighted by atomic mass is 35.5. The number of rotatable bonds is 1. The van der Waals surface area contributed by atoms with Crippen LogP contribution in [0.5, 0.6) is 0 Å². The Morgan fingerprint density at radius 2 is 2.14 bits per heavy atom. The number of hydrogen-bond acceptors (Lipinski definition) is 3. The van der Waals surface area contributed by atoms with E-state index in [1.807, 2.05) is 0 Å². The maximum Gasteiger partial charge on any atom is 0.322 e. The smallest absolute Gasteiger partial charge is 0.322 e. The Morgan fingerprint density at radius 3 is 2.76 bits per heavy atom. The standard InChI is InChI=1S/C13H11ClFN3O3/c14-7-2-1-3-8(15)9(7)10(19)18-5-4-13(6-18)11(20)16-12(21)17-13/h1-3H,4-6H2,(H2,16,17,20,21). The van der Waals surface area contributed by atoms with Crippen molar-refractivity contribution in [3.63, 3.8) is 0 Å². The lowest BCUT2D eigenvalue weighted by molar-refractivity contribution is -0.123. The first-order chi connectivity index (χ1) is 9.93. The minimum Gasteiger partial charge on any atom is -0.336 e. The molecule has 1 unspecified atom stereocenters. The molecule has 0 saturated carbocycles. The number of benzene rings is 1. The lowest BCUT2D eigenvalue weighted by Crippen LogP contribution is -2.49. The van der Waals surface area contributed by atoms with Gasteiger partial charge in [0.1, 0.15) is 11.4 Å². The number of urea groups is 1. The Kier molecular flexibility index (Phi) is 3.09. The van der Waals surface area contributed by atoms with Gasteiger partial charge in [-0.25, -0.2) is 9.18 Å². The van der Waals surface area contributed by atoms with Crippen molar-refractivity contribution in [1.82, 2.24) is 15.5 Å². The topological polar surface area (TPSA) is 78.5 Å². The first-order valence-electron chi connectivity index (χ1n) is 6.30. The molecule has 0 aromatic heterocycles. The van der Waals surface area contributed by atoms with Crippen molar-refractivity contribution in [2.75, 3.05) is 13.1 Å². The van der Waals surface area contributed by atoms with Gasteiger partial charge in [0.15, 0.2) is 0 Å². The summed E-state index contributed by atoms with van der Waals surface area (Å²) in [5, 5.41) is 4.68. The fourth-order valence-corrected chi connectivity index (χ4v) is 2.90. The van der Waals surface area contributed by atoms with E-state index in [4.69, 9.17) is 11.6 Å². The molecule has 2 saturated heterocycles. The Morgan fingerprint density at radius 1 is 1.38 bits per heavy atom. The van der Waals surface area contributed by atoms with Crippen molar-refractivity contribution in [2.45, 2.75) is 12.0 Å². The van der Waals surface area contributed by atoms with Crippen LogP contribution in [-0.4, -0.2) is 41.4 Å². The molecular weight excluding hydrogens is 301 g/mol. The average molecular weight is 312 g/mol. The lowest BCUT2D eigenvalue weighted by Gasteiger charge is -2.21. The molecule has 2 heterocycles. The second kappa shape index (κ2) is 4.70. The average Bonchev–Trinajstić information content (AvgIpc) is 2.94. The first-order valence-corrected chi connectivity index (χ1v) is 6.68. The molecule has 2 aliphatic rings. The fraction of sp³-hybridized carbons (Fsp3) is 0.308.